The van der Waals surface area contributed by atoms with Crippen LogP contribution in [0.5, 0.6) is 0 Å². The molecule has 16 heavy (non-hydrogen) atoms. The molecule has 2 N–H and O–H groups in total. The van der Waals surface area contributed by atoms with Gasteiger partial charge in [-0.15, -0.1) is 5.10 Å². The summed E-state index contributed by atoms with van der Waals surface area (Å²) in [6.07, 6.45) is 1.55. The number of anilines is 1. The Bertz CT molecular complexity index is 645. The van der Waals surface area contributed by atoms with Crippen molar-refractivity contribution in [1.29, 1.82) is 0 Å². The van der Waals surface area contributed by atoms with Crippen molar-refractivity contribution in [3.05, 3.63) is 29.6 Å². The first-order valence-corrected chi connectivity index (χ1v) is 4.84. The molecule has 0 unspecified atom stereocenters. The fraction of sp³-hybridized carbons (Fsp3) is 0. The second-order valence-corrected chi connectivity index (χ2v) is 3.52. The second-order valence-electron chi connectivity index (χ2n) is 3.13. The van der Waals surface area contributed by atoms with Crippen LogP contribution in [-0.2, 0) is 0 Å². The lowest BCUT2D eigenvalue weighted by Gasteiger charge is -1.95. The maximum atomic E-state index is 5.76. The summed E-state index contributed by atoms with van der Waals surface area (Å²) in [5.74, 6) is 1.70. The van der Waals surface area contributed by atoms with Crippen LogP contribution in [0.3, 0.4) is 0 Å². The summed E-state index contributed by atoms with van der Waals surface area (Å²) in [4.78, 5) is 8.16. The van der Waals surface area contributed by atoms with Crippen molar-refractivity contribution in [2.45, 2.75) is 0 Å². The van der Waals surface area contributed by atoms with Gasteiger partial charge >= 0.3 is 0 Å². The third kappa shape index (κ3) is 1.31. The van der Waals surface area contributed by atoms with Gasteiger partial charge in [-0.25, -0.2) is 0 Å². The molecule has 0 aliphatic heterocycles. The third-order valence-corrected chi connectivity index (χ3v) is 2.24. The van der Waals surface area contributed by atoms with Gasteiger partial charge in [0.2, 0.25) is 5.82 Å². The van der Waals surface area contributed by atoms with E-state index in [1.165, 1.54) is 10.6 Å². The molecular formula is C9H6ClN5O. The van der Waals surface area contributed by atoms with Gasteiger partial charge in [-0.2, -0.15) is 14.5 Å². The van der Waals surface area contributed by atoms with E-state index < -0.39 is 0 Å². The van der Waals surface area contributed by atoms with Gasteiger partial charge in [0.1, 0.15) is 11.0 Å². The van der Waals surface area contributed by atoms with E-state index in [4.69, 9.17) is 21.8 Å². The van der Waals surface area contributed by atoms with Crippen LogP contribution in [-0.4, -0.2) is 19.6 Å². The summed E-state index contributed by atoms with van der Waals surface area (Å²) < 4.78 is 6.59. The van der Waals surface area contributed by atoms with Crippen molar-refractivity contribution in [3.8, 4) is 11.6 Å². The summed E-state index contributed by atoms with van der Waals surface area (Å²) in [6, 6.07) is 5.02. The Labute approximate surface area is 94.7 Å². The summed E-state index contributed by atoms with van der Waals surface area (Å²) in [5.41, 5.74) is 5.73. The molecule has 3 aromatic rings. The molecule has 0 aliphatic rings. The normalized spacial score (nSPS) is 11.1. The molecular weight excluding hydrogens is 230 g/mol. The van der Waals surface area contributed by atoms with Crippen molar-refractivity contribution in [1.82, 2.24) is 19.6 Å². The number of nitrogens with two attached hydrogens (primary N) is 1. The molecule has 3 heterocycles. The first-order valence-electron chi connectivity index (χ1n) is 4.47. The van der Waals surface area contributed by atoms with Gasteiger partial charge in [-0.1, -0.05) is 11.6 Å². The number of nitrogen functional groups attached to an aromatic ring is 1. The predicted octanol–water partition coefficient (Wildman–Crippen LogP) is 1.62. The first-order chi connectivity index (χ1) is 7.74. The Morgan fingerprint density at radius 1 is 1.38 bits per heavy atom. The molecule has 3 aromatic heterocycles. The van der Waals surface area contributed by atoms with Crippen LogP contribution < -0.4 is 5.73 Å². The number of fused-ring (bicyclic) bond motifs is 1. The highest BCUT2D eigenvalue weighted by Gasteiger charge is 2.11. The maximum Gasteiger partial charge on any atom is 0.256 e. The van der Waals surface area contributed by atoms with E-state index in [1.54, 1.807) is 18.4 Å². The van der Waals surface area contributed by atoms with Gasteiger partial charge in [-0.3, -0.25) is 0 Å². The minimum atomic E-state index is 0.281. The second kappa shape index (κ2) is 3.21. The van der Waals surface area contributed by atoms with Gasteiger partial charge < -0.3 is 10.2 Å². The van der Waals surface area contributed by atoms with E-state index in [1.807, 2.05) is 0 Å². The topological polar surface area (TPSA) is 82.2 Å². The van der Waals surface area contributed by atoms with E-state index in [9.17, 15) is 0 Å². The lowest BCUT2D eigenvalue weighted by Crippen LogP contribution is -1.99. The Kier molecular flexibility index (Phi) is 1.84. The zero-order chi connectivity index (χ0) is 11.1. The highest BCUT2D eigenvalue weighted by molar-refractivity contribution is 6.29. The number of rotatable bonds is 1. The van der Waals surface area contributed by atoms with E-state index in [2.05, 4.69) is 15.1 Å². The lowest BCUT2D eigenvalue weighted by molar-refractivity contribution is 0.577. The monoisotopic (exact) mass is 235 g/mol. The fourth-order valence-corrected chi connectivity index (χ4v) is 1.56. The molecule has 3 rings (SSSR count). The maximum absolute atomic E-state index is 5.76. The molecule has 0 saturated heterocycles. The third-order valence-electron chi connectivity index (χ3n) is 2.05. The van der Waals surface area contributed by atoms with Crippen LogP contribution >= 0.6 is 11.6 Å². The van der Waals surface area contributed by atoms with Crippen molar-refractivity contribution in [2.75, 3.05) is 5.73 Å². The number of furan rings is 1. The van der Waals surface area contributed by atoms with Gasteiger partial charge in [0.05, 0.1) is 6.26 Å². The van der Waals surface area contributed by atoms with Gasteiger partial charge in [0, 0.05) is 6.07 Å². The van der Waals surface area contributed by atoms with Gasteiger partial charge in [-0.05, 0) is 12.1 Å². The van der Waals surface area contributed by atoms with E-state index >= 15 is 0 Å². The van der Waals surface area contributed by atoms with Crippen LogP contribution in [0, 0.1) is 0 Å². The molecule has 0 fully saturated rings. The van der Waals surface area contributed by atoms with Crippen LogP contribution in [0.1, 0.15) is 0 Å². The van der Waals surface area contributed by atoms with E-state index in [0.29, 0.717) is 23.2 Å². The molecule has 6 nitrogen and oxygen atoms in total. The molecule has 0 radical (unpaired) electrons. The Morgan fingerprint density at radius 3 is 3.00 bits per heavy atom. The Balaban J connectivity index is 2.27. The molecule has 0 aliphatic carbocycles. The number of nitrogens with zero attached hydrogens (tertiary/aromatic N) is 4. The average Bonchev–Trinajstić information content (AvgIpc) is 2.82. The highest BCUT2D eigenvalue weighted by atomic mass is 35.5. The van der Waals surface area contributed by atoms with Crippen LogP contribution in [0.25, 0.3) is 17.4 Å². The molecule has 0 bridgehead atoms. The summed E-state index contributed by atoms with van der Waals surface area (Å²) in [6.45, 7) is 0. The minimum Gasteiger partial charge on any atom is -0.461 e. The number of halogens is 1. The molecule has 0 saturated carbocycles. The SMILES string of the molecule is Nc1cc(Cl)nc2nc(-c3ccco3)nn12. The quantitative estimate of drug-likeness (QED) is 0.648. The van der Waals surface area contributed by atoms with Crippen LogP contribution in [0.4, 0.5) is 5.82 Å². The van der Waals surface area contributed by atoms with Gasteiger partial charge in [0.15, 0.2) is 5.76 Å². The smallest absolute Gasteiger partial charge is 0.256 e. The zero-order valence-corrected chi connectivity index (χ0v) is 8.72. The van der Waals surface area contributed by atoms with Crippen LogP contribution in [0.15, 0.2) is 28.9 Å². The van der Waals surface area contributed by atoms with Crippen molar-refractivity contribution >= 4 is 23.2 Å². The van der Waals surface area contributed by atoms with Gasteiger partial charge in [0.25, 0.3) is 5.78 Å². The standard InChI is InChI=1S/C9H6ClN5O/c10-6-4-7(11)15-9(12-6)13-8(14-15)5-2-1-3-16-5/h1-4H,11H2. The first kappa shape index (κ1) is 9.17. The molecule has 0 aromatic carbocycles. The summed E-state index contributed by atoms with van der Waals surface area (Å²) >= 11 is 5.76. The lowest BCUT2D eigenvalue weighted by atomic mass is 10.4. The highest BCUT2D eigenvalue weighted by Crippen LogP contribution is 2.18. The summed E-state index contributed by atoms with van der Waals surface area (Å²) in [7, 11) is 0. The van der Waals surface area contributed by atoms with E-state index in [-0.39, 0.29) is 5.15 Å². The molecule has 0 atom stereocenters. The minimum absolute atomic E-state index is 0.281. The molecule has 80 valence electrons. The Hall–Kier alpha value is -2.08. The predicted molar refractivity (Wildman–Crippen MR) is 57.9 cm³/mol. The van der Waals surface area contributed by atoms with Crippen molar-refractivity contribution in [2.24, 2.45) is 0 Å². The number of hydrogen-bond acceptors (Lipinski definition) is 5. The van der Waals surface area contributed by atoms with Crippen molar-refractivity contribution in [3.63, 3.8) is 0 Å². The number of aromatic nitrogens is 4. The molecule has 0 amide bonds. The molecule has 7 heteroatoms. The Morgan fingerprint density at radius 2 is 2.25 bits per heavy atom. The largest absolute Gasteiger partial charge is 0.461 e. The van der Waals surface area contributed by atoms with Crippen molar-refractivity contribution < 1.29 is 4.42 Å². The summed E-state index contributed by atoms with van der Waals surface area (Å²) in [5, 5.41) is 4.44. The fourth-order valence-electron chi connectivity index (χ4n) is 1.37. The zero-order valence-electron chi connectivity index (χ0n) is 7.96. The molecule has 0 spiro atoms. The van der Waals surface area contributed by atoms with E-state index in [0.717, 1.165) is 0 Å². The number of hydrogen-bond donors (Lipinski definition) is 1. The van der Waals surface area contributed by atoms with Crippen LogP contribution in [0.2, 0.25) is 5.15 Å². The average molecular weight is 236 g/mol.